The van der Waals surface area contributed by atoms with Crippen molar-refractivity contribution < 1.29 is 27.5 Å². The van der Waals surface area contributed by atoms with E-state index >= 15 is 0 Å². The zero-order valence-electron chi connectivity index (χ0n) is 22.3. The predicted molar refractivity (Wildman–Crippen MR) is 165 cm³/mol. The molecule has 0 unspecified atom stereocenters. The largest absolute Gasteiger partial charge is 0.488 e. The predicted octanol–water partition coefficient (Wildman–Crippen LogP) is 3.11. The number of nitrogens with two attached hydrogens (primary N) is 2. The Morgan fingerprint density at radius 2 is 1.85 bits per heavy atom. The third kappa shape index (κ3) is 10.1. The number of esters is 1. The number of halogens is 3. The molecule has 1 aliphatic rings. The van der Waals surface area contributed by atoms with E-state index in [1.807, 2.05) is 0 Å². The summed E-state index contributed by atoms with van der Waals surface area (Å²) in [6, 6.07) is 9.47. The molecule has 226 valence electrons. The smallest absolute Gasteiger partial charge is 0.323 e. The Hall–Kier alpha value is -3.03. The number of hydrogen-bond acceptors (Lipinski definition) is 8. The summed E-state index contributed by atoms with van der Waals surface area (Å²) in [5, 5.41) is 10.8. The van der Waals surface area contributed by atoms with Gasteiger partial charge in [0.15, 0.2) is 11.5 Å². The van der Waals surface area contributed by atoms with Crippen LogP contribution in [0.4, 0.5) is 5.69 Å². The number of piperidine rings is 1. The number of sulfonamides is 1. The normalized spacial score (nSPS) is 13.5. The number of carbonyl (C=O) groups is 2. The van der Waals surface area contributed by atoms with Crippen LogP contribution in [0.1, 0.15) is 41.3 Å². The minimum Gasteiger partial charge on any atom is -0.488 e. The van der Waals surface area contributed by atoms with Crippen LogP contribution in [-0.4, -0.2) is 64.2 Å². The van der Waals surface area contributed by atoms with Gasteiger partial charge in [-0.1, -0.05) is 42.0 Å². The average molecular weight is 651 g/mol. The molecule has 15 heteroatoms. The first-order valence-corrected chi connectivity index (χ1v) is 14.3. The minimum atomic E-state index is -4.28. The molecule has 1 amide bonds. The van der Waals surface area contributed by atoms with Crippen molar-refractivity contribution in [2.75, 3.05) is 36.3 Å². The van der Waals surface area contributed by atoms with Crippen molar-refractivity contribution in [2.45, 2.75) is 25.9 Å². The van der Waals surface area contributed by atoms with Gasteiger partial charge in [-0.25, -0.2) is 8.42 Å². The molecule has 11 nitrogen and oxygen atoms in total. The van der Waals surface area contributed by atoms with E-state index in [-0.39, 0.29) is 71.9 Å². The van der Waals surface area contributed by atoms with Gasteiger partial charge in [0.05, 0.1) is 29.4 Å². The van der Waals surface area contributed by atoms with Crippen molar-refractivity contribution in [1.29, 1.82) is 5.41 Å². The number of amides is 1. The number of rotatable bonds is 12. The second-order valence-electron chi connectivity index (χ2n) is 8.77. The number of anilines is 1. The lowest BCUT2D eigenvalue weighted by atomic mass is 10.1. The van der Waals surface area contributed by atoms with Crippen LogP contribution >= 0.6 is 36.4 Å². The Balaban J connectivity index is 0.00000420. The quantitative estimate of drug-likeness (QED) is 0.154. The third-order valence-corrected chi connectivity index (χ3v) is 7.79. The summed E-state index contributed by atoms with van der Waals surface area (Å²) in [6.45, 7) is 2.86. The summed E-state index contributed by atoms with van der Waals surface area (Å²) < 4.78 is 38.5. The number of hydrogen-bond donors (Lipinski definition) is 4. The molecule has 0 radical (unpaired) electrons. The van der Waals surface area contributed by atoms with Gasteiger partial charge in [0.2, 0.25) is 10.0 Å². The average Bonchev–Trinajstić information content (AvgIpc) is 2.88. The van der Waals surface area contributed by atoms with Crippen molar-refractivity contribution in [2.24, 2.45) is 11.5 Å². The molecular weight excluding hydrogens is 617 g/mol. The number of primary amides is 1. The molecular formula is C26H34Cl3N5O6S. The standard InChI is InChI=1S/C26H32ClN5O6S.2ClH/c1-2-37-23(33)16-39(35,36)32(12-4-6-17-5-3-7-18(13-17)25(28)29)19-14-21(26(30)34)24(22(27)15-19)38-20-8-10-31-11-9-20;;/h3-7,13-15,20,31H,2,8-12,16H2,1H3,(H3,28,29)(H2,30,34);2*1H/b6-4+;;. The first-order valence-electron chi connectivity index (χ1n) is 12.3. The van der Waals surface area contributed by atoms with Gasteiger partial charge >= 0.3 is 5.97 Å². The van der Waals surface area contributed by atoms with Crippen LogP contribution in [0.25, 0.3) is 6.08 Å². The summed E-state index contributed by atoms with van der Waals surface area (Å²) in [7, 11) is -4.28. The van der Waals surface area contributed by atoms with Crippen molar-refractivity contribution in [3.8, 4) is 5.75 Å². The van der Waals surface area contributed by atoms with E-state index in [0.29, 0.717) is 24.0 Å². The van der Waals surface area contributed by atoms with Crippen molar-refractivity contribution in [3.05, 3.63) is 64.2 Å². The fourth-order valence-corrected chi connectivity index (χ4v) is 5.54. The van der Waals surface area contributed by atoms with Gasteiger partial charge in [0, 0.05) is 5.56 Å². The van der Waals surface area contributed by atoms with Crippen LogP contribution in [0.3, 0.4) is 0 Å². The number of nitrogens with one attached hydrogen (secondary N) is 2. The van der Waals surface area contributed by atoms with Crippen LogP contribution in [0.15, 0.2) is 42.5 Å². The maximum Gasteiger partial charge on any atom is 0.323 e. The number of benzene rings is 2. The first kappa shape index (κ1) is 36.0. The Labute approximate surface area is 256 Å². The van der Waals surface area contributed by atoms with E-state index in [1.54, 1.807) is 43.3 Å². The summed E-state index contributed by atoms with van der Waals surface area (Å²) in [5.41, 5.74) is 12.3. The van der Waals surface area contributed by atoms with E-state index in [0.717, 1.165) is 17.4 Å². The molecule has 1 aliphatic heterocycles. The fraction of sp³-hybridized carbons (Fsp3) is 0.346. The molecule has 1 fully saturated rings. The lowest BCUT2D eigenvalue weighted by Gasteiger charge is -2.27. The molecule has 2 aromatic carbocycles. The van der Waals surface area contributed by atoms with Crippen molar-refractivity contribution >= 4 is 75.9 Å². The van der Waals surface area contributed by atoms with E-state index in [1.165, 1.54) is 12.1 Å². The van der Waals surface area contributed by atoms with Gasteiger partial charge in [0.25, 0.3) is 5.91 Å². The van der Waals surface area contributed by atoms with Gasteiger partial charge in [-0.2, -0.15) is 0 Å². The molecule has 0 spiro atoms. The van der Waals surface area contributed by atoms with Crippen LogP contribution in [-0.2, 0) is 19.6 Å². The number of ether oxygens (including phenoxy) is 2. The second kappa shape index (κ2) is 16.4. The molecule has 0 aromatic heterocycles. The molecule has 0 atom stereocenters. The highest BCUT2D eigenvalue weighted by atomic mass is 35.5. The Bertz CT molecular complexity index is 1370. The summed E-state index contributed by atoms with van der Waals surface area (Å²) in [4.78, 5) is 24.5. The molecule has 2 aromatic rings. The maximum atomic E-state index is 13.3. The highest BCUT2D eigenvalue weighted by Gasteiger charge is 2.29. The van der Waals surface area contributed by atoms with Crippen LogP contribution < -0.4 is 25.8 Å². The third-order valence-electron chi connectivity index (χ3n) is 5.87. The van der Waals surface area contributed by atoms with Gasteiger partial charge in [-0.3, -0.25) is 19.3 Å². The monoisotopic (exact) mass is 649 g/mol. The molecule has 0 aliphatic carbocycles. The van der Waals surface area contributed by atoms with Crippen LogP contribution in [0.2, 0.25) is 5.02 Å². The van der Waals surface area contributed by atoms with E-state index in [2.05, 4.69) is 5.32 Å². The summed E-state index contributed by atoms with van der Waals surface area (Å²) >= 11 is 6.51. The van der Waals surface area contributed by atoms with E-state index in [4.69, 9.17) is 38.0 Å². The molecule has 6 N–H and O–H groups in total. The van der Waals surface area contributed by atoms with Gasteiger partial charge < -0.3 is 26.3 Å². The maximum absolute atomic E-state index is 13.3. The number of amidine groups is 1. The van der Waals surface area contributed by atoms with Gasteiger partial charge in [-0.15, -0.1) is 24.8 Å². The SMILES string of the molecule is CCOC(=O)CS(=O)(=O)N(C/C=C/c1cccc(C(=N)N)c1)c1cc(Cl)c(OC2CCNCC2)c(C(N)=O)c1.Cl.Cl. The highest BCUT2D eigenvalue weighted by molar-refractivity contribution is 7.93. The molecule has 0 bridgehead atoms. The molecule has 1 heterocycles. The zero-order valence-corrected chi connectivity index (χ0v) is 25.5. The lowest BCUT2D eigenvalue weighted by Crippen LogP contribution is -2.37. The topological polar surface area (TPSA) is 178 Å². The van der Waals surface area contributed by atoms with Crippen LogP contribution in [0.5, 0.6) is 5.75 Å². The van der Waals surface area contributed by atoms with E-state index < -0.39 is 27.7 Å². The van der Waals surface area contributed by atoms with E-state index in [9.17, 15) is 18.0 Å². The lowest BCUT2D eigenvalue weighted by molar-refractivity contribution is -0.139. The first-order chi connectivity index (χ1) is 18.5. The number of nitrogen functional groups attached to an aromatic ring is 1. The summed E-state index contributed by atoms with van der Waals surface area (Å²) in [6.07, 6.45) is 4.41. The second-order valence-corrected chi connectivity index (χ2v) is 11.1. The van der Waals surface area contributed by atoms with Crippen molar-refractivity contribution in [1.82, 2.24) is 5.32 Å². The van der Waals surface area contributed by atoms with Crippen molar-refractivity contribution in [3.63, 3.8) is 0 Å². The van der Waals surface area contributed by atoms with Gasteiger partial charge in [0.1, 0.15) is 11.9 Å². The molecule has 3 rings (SSSR count). The number of carbonyl (C=O) groups excluding carboxylic acids is 2. The fourth-order valence-electron chi connectivity index (χ4n) is 4.01. The van der Waals surface area contributed by atoms with Crippen LogP contribution in [0, 0.1) is 5.41 Å². The zero-order chi connectivity index (χ0) is 28.6. The number of nitrogens with zero attached hydrogens (tertiary/aromatic N) is 1. The Morgan fingerprint density at radius 3 is 2.46 bits per heavy atom. The summed E-state index contributed by atoms with van der Waals surface area (Å²) in [5.74, 6) is -2.72. The molecule has 0 saturated carbocycles. The molecule has 41 heavy (non-hydrogen) atoms. The highest BCUT2D eigenvalue weighted by Crippen LogP contribution is 2.36. The van der Waals surface area contributed by atoms with Gasteiger partial charge in [-0.05, 0) is 56.6 Å². The Kier molecular flexibility index (Phi) is 14.4. The Morgan fingerprint density at radius 1 is 1.17 bits per heavy atom. The molecule has 1 saturated heterocycles. The minimum absolute atomic E-state index is 0.